The number of hydrogen-bond acceptors (Lipinski definition) is 12. The molecule has 1 aromatic heterocycles. The molecule has 0 saturated heterocycles. The molecule has 3 aromatic rings. The lowest BCUT2D eigenvalue weighted by Gasteiger charge is -2.30. The molecule has 270 valence electrons. The summed E-state index contributed by atoms with van der Waals surface area (Å²) in [6, 6.07) is 18.1. The van der Waals surface area contributed by atoms with Gasteiger partial charge in [-0.05, 0) is 24.0 Å². The highest BCUT2D eigenvalue weighted by Crippen LogP contribution is 2.29. The van der Waals surface area contributed by atoms with Crippen LogP contribution in [0.1, 0.15) is 51.4 Å². The van der Waals surface area contributed by atoms with Crippen molar-refractivity contribution >= 4 is 47.3 Å². The van der Waals surface area contributed by atoms with Gasteiger partial charge < -0.3 is 54.0 Å². The van der Waals surface area contributed by atoms with E-state index >= 15 is 0 Å². The number of nitrogens with two attached hydrogens (primary N) is 4. The van der Waals surface area contributed by atoms with E-state index < -0.39 is 52.7 Å². The van der Waals surface area contributed by atoms with Gasteiger partial charge >= 0.3 is 23.9 Å². The van der Waals surface area contributed by atoms with Crippen molar-refractivity contribution < 1.29 is 49.2 Å². The number of aromatic nitrogens is 2. The summed E-state index contributed by atoms with van der Waals surface area (Å²) < 4.78 is 0. The second-order valence-corrected chi connectivity index (χ2v) is 10.5. The van der Waals surface area contributed by atoms with Gasteiger partial charge in [0.1, 0.15) is 0 Å². The van der Waals surface area contributed by atoms with Crippen LogP contribution in [0.3, 0.4) is 0 Å². The van der Waals surface area contributed by atoms with Crippen LogP contribution in [0.2, 0.25) is 0 Å². The number of nitrogens with one attached hydrogen (secondary N) is 2. The van der Waals surface area contributed by atoms with Crippen molar-refractivity contribution in [3.05, 3.63) is 83.2 Å². The van der Waals surface area contributed by atoms with Gasteiger partial charge in [0, 0.05) is 26.2 Å². The average Bonchev–Trinajstić information content (AvgIpc) is 3.05. The molecule has 2 aromatic carbocycles. The largest absolute Gasteiger partial charge is 0.481 e. The molecule has 14 N–H and O–H groups in total. The first-order valence-corrected chi connectivity index (χ1v) is 15.0. The third-order valence-corrected chi connectivity index (χ3v) is 6.53. The molecule has 0 aliphatic carbocycles. The van der Waals surface area contributed by atoms with Gasteiger partial charge in [0.25, 0.3) is 11.8 Å². The Morgan fingerprint density at radius 3 is 1.30 bits per heavy atom. The van der Waals surface area contributed by atoms with Gasteiger partial charge in [-0.1, -0.05) is 60.7 Å². The van der Waals surface area contributed by atoms with Gasteiger partial charge in [-0.3, -0.25) is 28.8 Å². The first-order valence-electron chi connectivity index (χ1n) is 15.0. The van der Waals surface area contributed by atoms with E-state index in [1.807, 2.05) is 60.7 Å². The van der Waals surface area contributed by atoms with Gasteiger partial charge in [-0.25, -0.2) is 9.97 Å². The smallest absolute Gasteiger partial charge is 0.312 e. The van der Waals surface area contributed by atoms with Gasteiger partial charge in [-0.2, -0.15) is 0 Å². The monoisotopic (exact) mass is 698 g/mol. The molecule has 2 amide bonds. The molecular formula is C32H42N8O10. The highest BCUT2D eigenvalue weighted by atomic mass is 16.4. The minimum absolute atomic E-state index is 0.0694. The SMILES string of the molecule is NCCC(=O)O.NCCC(=O)O.Nc1nc(C(=O)NCC(Cc2ccccc2)(Cc2ccccc2)C(=O)O)c(N)nc1C(=O)NCCC(=O)O. The number of carboxylic acid groups (broad SMARTS) is 4. The summed E-state index contributed by atoms with van der Waals surface area (Å²) in [5.41, 5.74) is 20.8. The van der Waals surface area contributed by atoms with E-state index in [0.29, 0.717) is 0 Å². The first-order chi connectivity index (χ1) is 23.6. The molecule has 1 heterocycles. The van der Waals surface area contributed by atoms with Crippen molar-refractivity contribution in [1.29, 1.82) is 0 Å². The molecule has 0 saturated carbocycles. The fourth-order valence-corrected chi connectivity index (χ4v) is 4.13. The highest BCUT2D eigenvalue weighted by molar-refractivity contribution is 6.01. The van der Waals surface area contributed by atoms with Crippen molar-refractivity contribution in [3.8, 4) is 0 Å². The molecule has 0 bridgehead atoms. The standard InChI is InChI=1S/C26H28N6O6.2C3H7NO2/c27-21-19(23(35)29-12-11-18(33)34)31-22(28)20(32-21)24(36)30-15-26(25(37)38,13-16-7-3-1-4-8-16)14-17-9-5-2-6-10-17;2*4-2-1-3(5)6/h1-10H,11-15H2,(H2,27,32)(H2,28,31)(H,29,35)(H,30,36)(H,33,34)(H,37,38);2*1-2,4H2,(H,5,6). The van der Waals surface area contributed by atoms with E-state index in [-0.39, 0.29) is 69.7 Å². The molecule has 18 heteroatoms. The molecule has 0 aliphatic heterocycles. The Hall–Kier alpha value is -6.14. The van der Waals surface area contributed by atoms with Crippen LogP contribution in [0.15, 0.2) is 60.7 Å². The van der Waals surface area contributed by atoms with Crippen molar-refractivity contribution in [2.24, 2.45) is 16.9 Å². The Bertz CT molecular complexity index is 1530. The van der Waals surface area contributed by atoms with Gasteiger partial charge in [-0.15, -0.1) is 0 Å². The zero-order valence-corrected chi connectivity index (χ0v) is 27.1. The Kier molecular flexibility index (Phi) is 18.2. The predicted molar refractivity (Wildman–Crippen MR) is 181 cm³/mol. The predicted octanol–water partition coefficient (Wildman–Crippen LogP) is -0.0287. The first kappa shape index (κ1) is 41.9. The second-order valence-electron chi connectivity index (χ2n) is 10.5. The van der Waals surface area contributed by atoms with Gasteiger partial charge in [0.05, 0.1) is 24.7 Å². The van der Waals surface area contributed by atoms with Crippen LogP contribution in [0.5, 0.6) is 0 Å². The summed E-state index contributed by atoms with van der Waals surface area (Å²) in [4.78, 5) is 75.3. The molecule has 50 heavy (non-hydrogen) atoms. The van der Waals surface area contributed by atoms with Crippen LogP contribution in [0, 0.1) is 5.41 Å². The highest BCUT2D eigenvalue weighted by Gasteiger charge is 2.39. The van der Waals surface area contributed by atoms with Crippen molar-refractivity contribution in [2.75, 3.05) is 37.6 Å². The number of hydrogen-bond donors (Lipinski definition) is 10. The number of carbonyl (C=O) groups excluding carboxylic acids is 2. The fraction of sp³-hybridized carbons (Fsp3) is 0.312. The number of nitrogen functional groups attached to an aromatic ring is 2. The van der Waals surface area contributed by atoms with Crippen molar-refractivity contribution in [2.45, 2.75) is 32.1 Å². The molecular weight excluding hydrogens is 656 g/mol. The molecule has 18 nitrogen and oxygen atoms in total. The molecule has 0 radical (unpaired) electrons. The molecule has 0 atom stereocenters. The topological polar surface area (TPSA) is 337 Å². The Balaban J connectivity index is 0.000000890. The third-order valence-electron chi connectivity index (χ3n) is 6.53. The van der Waals surface area contributed by atoms with Gasteiger partial charge in [0.2, 0.25) is 0 Å². The van der Waals surface area contributed by atoms with Crippen LogP contribution in [-0.4, -0.2) is 92.3 Å². The van der Waals surface area contributed by atoms with Crippen LogP contribution < -0.4 is 33.6 Å². The van der Waals surface area contributed by atoms with Crippen molar-refractivity contribution in [3.63, 3.8) is 0 Å². The lowest BCUT2D eigenvalue weighted by atomic mass is 9.76. The van der Waals surface area contributed by atoms with Gasteiger partial charge in [0.15, 0.2) is 23.0 Å². The van der Waals surface area contributed by atoms with Crippen LogP contribution in [-0.2, 0) is 32.0 Å². The lowest BCUT2D eigenvalue weighted by molar-refractivity contribution is -0.148. The maximum atomic E-state index is 13.0. The summed E-state index contributed by atoms with van der Waals surface area (Å²) in [5.74, 6) is -6.28. The summed E-state index contributed by atoms with van der Waals surface area (Å²) in [5, 5.41) is 39.6. The lowest BCUT2D eigenvalue weighted by Crippen LogP contribution is -2.46. The minimum Gasteiger partial charge on any atom is -0.481 e. The molecule has 0 unspecified atom stereocenters. The summed E-state index contributed by atoms with van der Waals surface area (Å²) in [6.45, 7) is 0.0333. The number of carbonyl (C=O) groups is 6. The quantitative estimate of drug-likeness (QED) is 0.0938. The van der Waals surface area contributed by atoms with E-state index in [1.54, 1.807) is 0 Å². The van der Waals surface area contributed by atoms with E-state index in [2.05, 4.69) is 20.6 Å². The number of aliphatic carboxylic acids is 4. The molecule has 0 fully saturated rings. The maximum absolute atomic E-state index is 13.0. The van der Waals surface area contributed by atoms with Crippen LogP contribution >= 0.6 is 0 Å². The minimum atomic E-state index is -1.41. The average molecular weight is 699 g/mol. The van der Waals surface area contributed by atoms with E-state index in [4.69, 9.17) is 38.3 Å². The van der Waals surface area contributed by atoms with E-state index in [0.717, 1.165) is 11.1 Å². The Morgan fingerprint density at radius 1 is 0.600 bits per heavy atom. The normalized spacial score (nSPS) is 10.3. The van der Waals surface area contributed by atoms with Crippen molar-refractivity contribution in [1.82, 2.24) is 20.6 Å². The van der Waals surface area contributed by atoms with E-state index in [9.17, 15) is 33.9 Å². The number of amides is 2. The Morgan fingerprint density at radius 2 is 0.980 bits per heavy atom. The van der Waals surface area contributed by atoms with Crippen LogP contribution in [0.4, 0.5) is 11.6 Å². The third kappa shape index (κ3) is 15.2. The summed E-state index contributed by atoms with van der Waals surface area (Å²) in [7, 11) is 0. The number of carboxylic acids is 4. The summed E-state index contributed by atoms with van der Waals surface area (Å²) in [6.07, 6.45) is 0.0978. The van der Waals surface area contributed by atoms with E-state index in [1.165, 1.54) is 0 Å². The number of nitrogens with zero attached hydrogens (tertiary/aromatic N) is 2. The molecule has 0 spiro atoms. The number of benzene rings is 2. The number of anilines is 2. The zero-order chi connectivity index (χ0) is 37.7. The zero-order valence-electron chi connectivity index (χ0n) is 27.1. The molecule has 3 rings (SSSR count). The summed E-state index contributed by atoms with van der Waals surface area (Å²) >= 11 is 0. The fourth-order valence-electron chi connectivity index (χ4n) is 4.13. The number of rotatable bonds is 16. The van der Waals surface area contributed by atoms with Crippen LogP contribution in [0.25, 0.3) is 0 Å². The maximum Gasteiger partial charge on any atom is 0.312 e. The molecule has 0 aliphatic rings. The Labute approximate surface area is 286 Å². The second kappa shape index (κ2) is 21.7.